The summed E-state index contributed by atoms with van der Waals surface area (Å²) in [5.74, 6) is -0.0689. The zero-order chi connectivity index (χ0) is 22.8. The molecule has 0 fully saturated rings. The zero-order valence-corrected chi connectivity index (χ0v) is 19.3. The maximum absolute atomic E-state index is 13.5. The summed E-state index contributed by atoms with van der Waals surface area (Å²) in [6, 6.07) is 11.2. The Bertz CT molecular complexity index is 1350. The molecule has 0 unspecified atom stereocenters. The van der Waals surface area contributed by atoms with E-state index in [9.17, 15) is 9.59 Å². The summed E-state index contributed by atoms with van der Waals surface area (Å²) in [7, 11) is 0. The highest BCUT2D eigenvalue weighted by Crippen LogP contribution is 2.31. The van der Waals surface area contributed by atoms with Gasteiger partial charge in [0, 0.05) is 12.4 Å². The lowest BCUT2D eigenvalue weighted by Gasteiger charge is -2.25. The Morgan fingerprint density at radius 2 is 2.00 bits per heavy atom. The van der Waals surface area contributed by atoms with Crippen LogP contribution in [0.3, 0.4) is 0 Å². The Labute approximate surface area is 190 Å². The molecule has 0 saturated carbocycles. The van der Waals surface area contributed by atoms with Crippen LogP contribution in [0.4, 0.5) is 0 Å². The van der Waals surface area contributed by atoms with E-state index in [4.69, 9.17) is 4.74 Å². The van der Waals surface area contributed by atoms with Gasteiger partial charge in [0.15, 0.2) is 4.80 Å². The van der Waals surface area contributed by atoms with Crippen molar-refractivity contribution >= 4 is 23.4 Å². The molecule has 0 bridgehead atoms. The van der Waals surface area contributed by atoms with Crippen LogP contribution < -0.4 is 14.9 Å². The Hall–Kier alpha value is -3.32. The van der Waals surface area contributed by atoms with Crippen LogP contribution in [0.5, 0.6) is 0 Å². The number of benzene rings is 1. The van der Waals surface area contributed by atoms with E-state index >= 15 is 0 Å². The Morgan fingerprint density at radius 1 is 1.25 bits per heavy atom. The largest absolute Gasteiger partial charge is 0.463 e. The van der Waals surface area contributed by atoms with E-state index < -0.39 is 12.0 Å². The smallest absolute Gasteiger partial charge is 0.338 e. The third-order valence-electron chi connectivity index (χ3n) is 5.42. The highest BCUT2D eigenvalue weighted by atomic mass is 32.1. The molecule has 2 aromatic heterocycles. The SMILES string of the molecule is CCOC(=O)C1=C(C)N=c2s/c(=C\c3cccnc3)c(=O)n2[C@H]1c1ccc(C(C)C)cc1. The van der Waals surface area contributed by atoms with E-state index in [1.54, 1.807) is 36.9 Å². The lowest BCUT2D eigenvalue weighted by molar-refractivity contribution is -0.139. The van der Waals surface area contributed by atoms with E-state index in [0.29, 0.717) is 26.5 Å². The van der Waals surface area contributed by atoms with Gasteiger partial charge in [0.05, 0.1) is 28.5 Å². The molecule has 1 atom stereocenters. The van der Waals surface area contributed by atoms with Gasteiger partial charge in [0.2, 0.25) is 0 Å². The molecule has 0 amide bonds. The highest BCUT2D eigenvalue weighted by molar-refractivity contribution is 7.07. The summed E-state index contributed by atoms with van der Waals surface area (Å²) in [6.45, 7) is 8.07. The van der Waals surface area contributed by atoms with Crippen LogP contribution in [-0.2, 0) is 9.53 Å². The molecule has 0 radical (unpaired) electrons. The molecule has 4 rings (SSSR count). The summed E-state index contributed by atoms with van der Waals surface area (Å²) in [6.07, 6.45) is 5.20. The van der Waals surface area contributed by atoms with Crippen LogP contribution >= 0.6 is 11.3 Å². The maximum Gasteiger partial charge on any atom is 0.338 e. The molecule has 6 nitrogen and oxygen atoms in total. The molecule has 3 aromatic rings. The number of allylic oxidation sites excluding steroid dienone is 1. The van der Waals surface area contributed by atoms with Crippen LogP contribution in [0.1, 0.15) is 56.3 Å². The molecule has 1 aliphatic heterocycles. The summed E-state index contributed by atoms with van der Waals surface area (Å²) in [5.41, 5.74) is 3.64. The van der Waals surface area contributed by atoms with Crippen molar-refractivity contribution in [2.24, 2.45) is 4.99 Å². The van der Waals surface area contributed by atoms with Gasteiger partial charge in [0.1, 0.15) is 0 Å². The highest BCUT2D eigenvalue weighted by Gasteiger charge is 2.33. The quantitative estimate of drug-likeness (QED) is 0.563. The monoisotopic (exact) mass is 447 g/mol. The molecule has 7 heteroatoms. The van der Waals surface area contributed by atoms with Gasteiger partial charge in [-0.25, -0.2) is 9.79 Å². The molecule has 0 spiro atoms. The number of hydrogen-bond donors (Lipinski definition) is 0. The summed E-state index contributed by atoms with van der Waals surface area (Å²) < 4.78 is 7.49. The fourth-order valence-electron chi connectivity index (χ4n) is 3.78. The van der Waals surface area contributed by atoms with Crippen molar-refractivity contribution in [2.45, 2.75) is 39.7 Å². The molecule has 32 heavy (non-hydrogen) atoms. The second-order valence-electron chi connectivity index (χ2n) is 7.91. The lowest BCUT2D eigenvalue weighted by Crippen LogP contribution is -2.39. The van der Waals surface area contributed by atoms with E-state index in [2.05, 4.69) is 23.8 Å². The van der Waals surface area contributed by atoms with Crippen LogP contribution in [0.15, 0.2) is 69.8 Å². The minimum Gasteiger partial charge on any atom is -0.463 e. The topological polar surface area (TPSA) is 73.6 Å². The predicted molar refractivity (Wildman–Crippen MR) is 125 cm³/mol. The predicted octanol–water partition coefficient (Wildman–Crippen LogP) is 3.32. The molecular weight excluding hydrogens is 422 g/mol. The molecule has 0 aliphatic carbocycles. The fraction of sp³-hybridized carbons (Fsp3) is 0.280. The van der Waals surface area contributed by atoms with Gasteiger partial charge >= 0.3 is 5.97 Å². The summed E-state index contributed by atoms with van der Waals surface area (Å²) >= 11 is 1.31. The molecule has 1 aliphatic rings. The number of thiazole rings is 1. The van der Waals surface area contributed by atoms with Crippen molar-refractivity contribution in [1.29, 1.82) is 0 Å². The number of rotatable bonds is 5. The zero-order valence-electron chi connectivity index (χ0n) is 18.5. The first-order chi connectivity index (χ1) is 15.4. The van der Waals surface area contributed by atoms with Gasteiger partial charge in [-0.3, -0.25) is 14.3 Å². The number of carbonyl (C=O) groups is 1. The molecule has 164 valence electrons. The first kappa shape index (κ1) is 21.9. The molecular formula is C25H25N3O3S. The number of hydrogen-bond acceptors (Lipinski definition) is 6. The number of nitrogens with zero attached hydrogens (tertiary/aromatic N) is 3. The Morgan fingerprint density at radius 3 is 2.62 bits per heavy atom. The van der Waals surface area contributed by atoms with Crippen molar-refractivity contribution in [3.8, 4) is 0 Å². The fourth-order valence-corrected chi connectivity index (χ4v) is 4.83. The number of pyridine rings is 1. The van der Waals surface area contributed by atoms with E-state index in [0.717, 1.165) is 11.1 Å². The van der Waals surface area contributed by atoms with Crippen molar-refractivity contribution in [2.75, 3.05) is 6.61 Å². The average molecular weight is 448 g/mol. The normalized spacial score (nSPS) is 16.2. The Kier molecular flexibility index (Phi) is 6.19. The van der Waals surface area contributed by atoms with Gasteiger partial charge in [-0.05, 0) is 48.6 Å². The number of fused-ring (bicyclic) bond motifs is 1. The minimum absolute atomic E-state index is 0.190. The van der Waals surface area contributed by atoms with Gasteiger partial charge < -0.3 is 4.74 Å². The maximum atomic E-state index is 13.5. The molecule has 0 saturated heterocycles. The lowest BCUT2D eigenvalue weighted by atomic mass is 9.93. The van der Waals surface area contributed by atoms with Gasteiger partial charge in [-0.2, -0.15) is 0 Å². The third kappa shape index (κ3) is 4.08. The average Bonchev–Trinajstić information content (AvgIpc) is 3.08. The van der Waals surface area contributed by atoms with Crippen LogP contribution in [-0.4, -0.2) is 22.1 Å². The Balaban J connectivity index is 1.94. The summed E-state index contributed by atoms with van der Waals surface area (Å²) in [5, 5.41) is 0. The summed E-state index contributed by atoms with van der Waals surface area (Å²) in [4.78, 5) is 35.7. The van der Waals surface area contributed by atoms with Gasteiger partial charge in [-0.1, -0.05) is 55.5 Å². The molecule has 3 heterocycles. The van der Waals surface area contributed by atoms with E-state index in [1.807, 2.05) is 36.4 Å². The van der Waals surface area contributed by atoms with Gasteiger partial charge in [-0.15, -0.1) is 0 Å². The van der Waals surface area contributed by atoms with Crippen LogP contribution in [0.25, 0.3) is 6.08 Å². The van der Waals surface area contributed by atoms with Crippen LogP contribution in [0.2, 0.25) is 0 Å². The third-order valence-corrected chi connectivity index (χ3v) is 6.40. The first-order valence-electron chi connectivity index (χ1n) is 10.6. The second kappa shape index (κ2) is 9.04. The van der Waals surface area contributed by atoms with Crippen molar-refractivity contribution in [1.82, 2.24) is 9.55 Å². The number of carbonyl (C=O) groups excluding carboxylic acids is 1. The number of esters is 1. The molecule has 0 N–H and O–H groups in total. The molecule has 1 aromatic carbocycles. The van der Waals surface area contributed by atoms with Crippen LogP contribution in [0, 0.1) is 0 Å². The van der Waals surface area contributed by atoms with E-state index in [-0.39, 0.29) is 12.2 Å². The van der Waals surface area contributed by atoms with Crippen molar-refractivity contribution < 1.29 is 9.53 Å². The number of ether oxygens (including phenoxy) is 1. The first-order valence-corrected chi connectivity index (χ1v) is 11.4. The standard InChI is InChI=1S/C25H25N3O3S/c1-5-31-24(30)21-16(4)27-25-28(22(21)19-10-8-18(9-11-19)15(2)3)23(29)20(32-25)13-17-7-6-12-26-14-17/h6-15,22H,5H2,1-4H3/b20-13-/t22-/m0/s1. The van der Waals surface area contributed by atoms with E-state index in [1.165, 1.54) is 16.9 Å². The van der Waals surface area contributed by atoms with Crippen molar-refractivity contribution in [3.63, 3.8) is 0 Å². The number of aromatic nitrogens is 2. The van der Waals surface area contributed by atoms with Gasteiger partial charge in [0.25, 0.3) is 5.56 Å². The second-order valence-corrected chi connectivity index (χ2v) is 8.92. The van der Waals surface area contributed by atoms with Crippen molar-refractivity contribution in [3.05, 3.63) is 96.4 Å². The minimum atomic E-state index is -0.595.